The topological polar surface area (TPSA) is 69.6 Å². The molecule has 2 rings (SSSR count). The number of hydrogen-bond acceptors (Lipinski definition) is 3. The molecule has 1 heterocycles. The minimum Gasteiger partial charge on any atom is -0.478 e. The molecule has 0 spiro atoms. The fourth-order valence-corrected chi connectivity index (χ4v) is 2.50. The van der Waals surface area contributed by atoms with E-state index in [0.29, 0.717) is 12.1 Å². The first kappa shape index (κ1) is 14.4. The van der Waals surface area contributed by atoms with Gasteiger partial charge in [-0.3, -0.25) is 4.79 Å². The van der Waals surface area contributed by atoms with E-state index < -0.39 is 5.97 Å². The van der Waals surface area contributed by atoms with E-state index >= 15 is 0 Å². The summed E-state index contributed by atoms with van der Waals surface area (Å²) in [5.41, 5.74) is 2.27. The molecule has 0 aromatic heterocycles. The minimum atomic E-state index is -0.917. The van der Waals surface area contributed by atoms with Crippen LogP contribution in [0.15, 0.2) is 18.2 Å². The van der Waals surface area contributed by atoms with Crippen molar-refractivity contribution in [2.24, 2.45) is 0 Å². The summed E-state index contributed by atoms with van der Waals surface area (Å²) in [6.45, 7) is 5.33. The Bertz CT molecular complexity index is 528. The molecular formula is C15H20N2O3. The molecule has 1 amide bonds. The molecule has 2 N–H and O–H groups in total. The number of carboxylic acid groups (broad SMARTS) is 1. The lowest BCUT2D eigenvalue weighted by Crippen LogP contribution is -2.44. The van der Waals surface area contributed by atoms with Gasteiger partial charge in [-0.25, -0.2) is 4.79 Å². The number of hydrogen-bond donors (Lipinski definition) is 2. The molecule has 1 aliphatic heterocycles. The van der Waals surface area contributed by atoms with Crippen molar-refractivity contribution in [3.8, 4) is 0 Å². The summed E-state index contributed by atoms with van der Waals surface area (Å²) in [4.78, 5) is 25.0. The molecular weight excluding hydrogens is 256 g/mol. The van der Waals surface area contributed by atoms with Crippen LogP contribution in [0, 0.1) is 0 Å². The Labute approximate surface area is 118 Å². The zero-order chi connectivity index (χ0) is 14.7. The van der Waals surface area contributed by atoms with Crippen molar-refractivity contribution >= 4 is 17.6 Å². The number of carboxylic acids is 1. The maximum atomic E-state index is 12.0. The fraction of sp³-hybridized carbons (Fsp3) is 0.467. The average Bonchev–Trinajstić information content (AvgIpc) is 2.86. The first-order chi connectivity index (χ1) is 9.54. The number of anilines is 1. The van der Waals surface area contributed by atoms with Crippen LogP contribution < -0.4 is 10.2 Å². The van der Waals surface area contributed by atoms with Crippen LogP contribution in [-0.4, -0.2) is 36.1 Å². The minimum absolute atomic E-state index is 0.0158. The number of carbonyl (C=O) groups excluding carboxylic acids is 1. The highest BCUT2D eigenvalue weighted by Crippen LogP contribution is 2.30. The van der Waals surface area contributed by atoms with Gasteiger partial charge in [0.2, 0.25) is 5.91 Å². The monoisotopic (exact) mass is 276 g/mol. The van der Waals surface area contributed by atoms with E-state index in [2.05, 4.69) is 5.32 Å². The van der Waals surface area contributed by atoms with E-state index in [4.69, 9.17) is 5.11 Å². The van der Waals surface area contributed by atoms with Gasteiger partial charge in [-0.15, -0.1) is 0 Å². The molecule has 0 fully saturated rings. The quantitative estimate of drug-likeness (QED) is 0.858. The zero-order valence-electron chi connectivity index (χ0n) is 11.8. The number of rotatable bonds is 5. The summed E-state index contributed by atoms with van der Waals surface area (Å²) < 4.78 is 0. The third kappa shape index (κ3) is 2.76. The van der Waals surface area contributed by atoms with Gasteiger partial charge in [0, 0.05) is 18.8 Å². The summed E-state index contributed by atoms with van der Waals surface area (Å²) in [5, 5.41) is 11.9. The largest absolute Gasteiger partial charge is 0.478 e. The second kappa shape index (κ2) is 5.94. The second-order valence-corrected chi connectivity index (χ2v) is 5.06. The van der Waals surface area contributed by atoms with Gasteiger partial charge in [0.15, 0.2) is 0 Å². The smallest absolute Gasteiger partial charge is 0.335 e. The summed E-state index contributed by atoms with van der Waals surface area (Å²) in [6.07, 6.45) is 1.69. The predicted octanol–water partition coefficient (Wildman–Crippen LogP) is 1.66. The van der Waals surface area contributed by atoms with Crippen LogP contribution in [0.5, 0.6) is 0 Å². The molecule has 1 aromatic rings. The fourth-order valence-electron chi connectivity index (χ4n) is 2.50. The molecule has 0 saturated carbocycles. The van der Waals surface area contributed by atoms with Crippen molar-refractivity contribution in [3.05, 3.63) is 29.3 Å². The summed E-state index contributed by atoms with van der Waals surface area (Å²) >= 11 is 0. The van der Waals surface area contributed by atoms with E-state index in [-0.39, 0.29) is 11.9 Å². The van der Waals surface area contributed by atoms with Gasteiger partial charge < -0.3 is 15.3 Å². The van der Waals surface area contributed by atoms with E-state index in [1.54, 1.807) is 18.2 Å². The number of aromatic carboxylic acids is 1. The van der Waals surface area contributed by atoms with Crippen LogP contribution in [0.25, 0.3) is 0 Å². The maximum absolute atomic E-state index is 12.0. The van der Waals surface area contributed by atoms with Gasteiger partial charge in [-0.05, 0) is 43.5 Å². The Kier molecular flexibility index (Phi) is 4.27. The van der Waals surface area contributed by atoms with E-state index in [9.17, 15) is 9.59 Å². The van der Waals surface area contributed by atoms with Crippen LogP contribution in [0.2, 0.25) is 0 Å². The number of benzene rings is 1. The van der Waals surface area contributed by atoms with Crippen molar-refractivity contribution < 1.29 is 14.7 Å². The summed E-state index contributed by atoms with van der Waals surface area (Å²) in [6, 6.07) is 4.86. The first-order valence-corrected chi connectivity index (χ1v) is 6.95. The van der Waals surface area contributed by atoms with Crippen LogP contribution in [0.4, 0.5) is 5.69 Å². The van der Waals surface area contributed by atoms with Crippen molar-refractivity contribution in [1.29, 1.82) is 0 Å². The highest BCUT2D eigenvalue weighted by molar-refractivity contribution is 5.90. The van der Waals surface area contributed by atoms with Crippen LogP contribution >= 0.6 is 0 Å². The molecule has 1 unspecified atom stereocenters. The lowest BCUT2D eigenvalue weighted by molar-refractivity contribution is -0.122. The van der Waals surface area contributed by atoms with E-state index in [1.165, 1.54) is 0 Å². The predicted molar refractivity (Wildman–Crippen MR) is 77.2 cm³/mol. The maximum Gasteiger partial charge on any atom is 0.335 e. The van der Waals surface area contributed by atoms with Crippen molar-refractivity contribution in [1.82, 2.24) is 5.32 Å². The number of fused-ring (bicyclic) bond motifs is 1. The summed E-state index contributed by atoms with van der Waals surface area (Å²) in [5.74, 6) is -0.901. The molecule has 20 heavy (non-hydrogen) atoms. The Morgan fingerprint density at radius 1 is 1.45 bits per heavy atom. The Hall–Kier alpha value is -2.04. The normalized spacial score (nSPS) is 14.8. The van der Waals surface area contributed by atoms with Crippen molar-refractivity contribution in [2.75, 3.05) is 18.0 Å². The van der Waals surface area contributed by atoms with Crippen molar-refractivity contribution in [3.63, 3.8) is 0 Å². The van der Waals surface area contributed by atoms with Gasteiger partial charge >= 0.3 is 5.97 Å². The lowest BCUT2D eigenvalue weighted by atomic mass is 10.1. The van der Waals surface area contributed by atoms with Crippen LogP contribution in [0.3, 0.4) is 0 Å². The van der Waals surface area contributed by atoms with Gasteiger partial charge in [0.05, 0.1) is 5.56 Å². The standard InChI is InChI=1S/C15H20N2O3/c1-3-7-16-14(18)10(2)17-8-6-11-9-12(15(19)20)4-5-13(11)17/h4-5,9-10H,3,6-8H2,1-2H3,(H,16,18)(H,19,20). The molecule has 0 bridgehead atoms. The molecule has 1 aliphatic rings. The van der Waals surface area contributed by atoms with Gasteiger partial charge in [0.25, 0.3) is 0 Å². The Morgan fingerprint density at radius 3 is 2.85 bits per heavy atom. The van der Waals surface area contributed by atoms with Gasteiger partial charge in [0.1, 0.15) is 6.04 Å². The summed E-state index contributed by atoms with van der Waals surface area (Å²) in [7, 11) is 0. The SMILES string of the molecule is CCCNC(=O)C(C)N1CCc2cc(C(=O)O)ccc21. The van der Waals surface area contributed by atoms with Crippen molar-refractivity contribution in [2.45, 2.75) is 32.7 Å². The molecule has 0 saturated heterocycles. The third-order valence-corrected chi connectivity index (χ3v) is 3.65. The third-order valence-electron chi connectivity index (χ3n) is 3.65. The van der Waals surface area contributed by atoms with Crippen LogP contribution in [-0.2, 0) is 11.2 Å². The Balaban J connectivity index is 2.15. The first-order valence-electron chi connectivity index (χ1n) is 6.95. The van der Waals surface area contributed by atoms with E-state index in [0.717, 1.165) is 30.6 Å². The van der Waals surface area contributed by atoms with Gasteiger partial charge in [-0.2, -0.15) is 0 Å². The lowest BCUT2D eigenvalue weighted by Gasteiger charge is -2.26. The number of amides is 1. The number of carbonyl (C=O) groups is 2. The second-order valence-electron chi connectivity index (χ2n) is 5.06. The Morgan fingerprint density at radius 2 is 2.20 bits per heavy atom. The highest BCUT2D eigenvalue weighted by atomic mass is 16.4. The molecule has 0 aliphatic carbocycles. The zero-order valence-corrected chi connectivity index (χ0v) is 11.8. The molecule has 5 nitrogen and oxygen atoms in total. The van der Waals surface area contributed by atoms with Gasteiger partial charge in [-0.1, -0.05) is 6.92 Å². The average molecular weight is 276 g/mol. The highest BCUT2D eigenvalue weighted by Gasteiger charge is 2.28. The molecule has 1 atom stereocenters. The van der Waals surface area contributed by atoms with E-state index in [1.807, 2.05) is 18.7 Å². The molecule has 1 aromatic carbocycles. The van der Waals surface area contributed by atoms with Crippen LogP contribution in [0.1, 0.15) is 36.2 Å². The molecule has 5 heteroatoms. The number of nitrogens with zero attached hydrogens (tertiary/aromatic N) is 1. The molecule has 0 radical (unpaired) electrons. The molecule has 108 valence electrons. The number of nitrogens with one attached hydrogen (secondary N) is 1.